The van der Waals surface area contributed by atoms with Crippen LogP contribution in [0.1, 0.15) is 50.6 Å². The molecule has 7 nitrogen and oxygen atoms in total. The summed E-state index contributed by atoms with van der Waals surface area (Å²) in [5.74, 6) is -1.80. The van der Waals surface area contributed by atoms with Gasteiger partial charge in [0.2, 0.25) is 5.91 Å². The van der Waals surface area contributed by atoms with Gasteiger partial charge in [-0.2, -0.15) is 0 Å². The van der Waals surface area contributed by atoms with Crippen LogP contribution in [0.5, 0.6) is 11.5 Å². The zero-order valence-electron chi connectivity index (χ0n) is 18.4. The van der Waals surface area contributed by atoms with Gasteiger partial charge < -0.3 is 19.8 Å². The fourth-order valence-corrected chi connectivity index (χ4v) is 4.87. The van der Waals surface area contributed by atoms with E-state index in [1.165, 1.54) is 22.2 Å². The van der Waals surface area contributed by atoms with Gasteiger partial charge in [0.15, 0.2) is 0 Å². The van der Waals surface area contributed by atoms with Gasteiger partial charge in [0.1, 0.15) is 22.9 Å². The zero-order valence-corrected chi connectivity index (χ0v) is 19.3. The Labute approximate surface area is 191 Å². The predicted molar refractivity (Wildman–Crippen MR) is 122 cm³/mol. The van der Waals surface area contributed by atoms with Crippen molar-refractivity contribution in [1.29, 1.82) is 0 Å². The number of carboxylic acids is 2. The third-order valence-corrected chi connectivity index (χ3v) is 6.64. The second-order valence-electron chi connectivity index (χ2n) is 8.78. The molecule has 0 bridgehead atoms. The molecule has 1 aliphatic heterocycles. The standard InChI is InChI=1S/C24H27NO6S/c1-14-21(28)25(19(23(29)30)13-20(26)27)22(32-14)15-6-5-7-18(12-15)31-17-10-8-16(9-11-17)24(2,3)4/h5-12,14,19,22H,13H2,1-4H3,(H,26,27)(H,29,30)/t14?,19-,22?/m0/s1. The molecule has 2 N–H and O–H groups in total. The van der Waals surface area contributed by atoms with Crippen molar-refractivity contribution in [2.45, 2.75) is 56.2 Å². The Hall–Kier alpha value is -3.00. The number of benzene rings is 2. The van der Waals surface area contributed by atoms with Crippen molar-refractivity contribution in [1.82, 2.24) is 4.90 Å². The number of ether oxygens (including phenoxy) is 1. The third-order valence-electron chi connectivity index (χ3n) is 5.28. The Bertz CT molecular complexity index is 1010. The molecule has 1 amide bonds. The predicted octanol–water partition coefficient (Wildman–Crippen LogP) is 4.67. The molecule has 0 spiro atoms. The Morgan fingerprint density at radius 1 is 1.09 bits per heavy atom. The fraction of sp³-hybridized carbons (Fsp3) is 0.375. The molecule has 2 aromatic carbocycles. The van der Waals surface area contributed by atoms with E-state index in [4.69, 9.17) is 9.84 Å². The summed E-state index contributed by atoms with van der Waals surface area (Å²) < 4.78 is 5.98. The monoisotopic (exact) mass is 457 g/mol. The molecule has 3 atom stereocenters. The molecule has 8 heteroatoms. The minimum Gasteiger partial charge on any atom is -0.481 e. The number of hydrogen-bond donors (Lipinski definition) is 2. The molecular weight excluding hydrogens is 430 g/mol. The van der Waals surface area contributed by atoms with E-state index in [-0.39, 0.29) is 5.41 Å². The van der Waals surface area contributed by atoms with Crippen LogP contribution in [0, 0.1) is 0 Å². The van der Waals surface area contributed by atoms with Crippen molar-refractivity contribution >= 4 is 29.6 Å². The van der Waals surface area contributed by atoms with Gasteiger partial charge in [0.25, 0.3) is 0 Å². The lowest BCUT2D eigenvalue weighted by molar-refractivity contribution is -0.154. The highest BCUT2D eigenvalue weighted by Crippen LogP contribution is 2.45. The third kappa shape index (κ3) is 5.24. The highest BCUT2D eigenvalue weighted by Gasteiger charge is 2.45. The molecular formula is C24H27NO6S. The quantitative estimate of drug-likeness (QED) is 0.623. The Morgan fingerprint density at radius 3 is 2.31 bits per heavy atom. The Morgan fingerprint density at radius 2 is 1.75 bits per heavy atom. The van der Waals surface area contributed by atoms with E-state index in [1.807, 2.05) is 24.3 Å². The molecule has 0 aliphatic carbocycles. The summed E-state index contributed by atoms with van der Waals surface area (Å²) in [6.45, 7) is 8.09. The summed E-state index contributed by atoms with van der Waals surface area (Å²) in [5.41, 5.74) is 1.89. The smallest absolute Gasteiger partial charge is 0.327 e. The summed E-state index contributed by atoms with van der Waals surface area (Å²) in [6.07, 6.45) is -0.666. The van der Waals surface area contributed by atoms with Crippen LogP contribution in [0.2, 0.25) is 0 Å². The lowest BCUT2D eigenvalue weighted by Gasteiger charge is -2.29. The SMILES string of the molecule is CC1SC(c2cccc(Oc3ccc(C(C)(C)C)cc3)c2)N([C@@H](CC(=O)O)C(=O)O)C1=O. The lowest BCUT2D eigenvalue weighted by Crippen LogP contribution is -2.45. The first-order valence-corrected chi connectivity index (χ1v) is 11.2. The minimum atomic E-state index is -1.45. The number of amides is 1. The second kappa shape index (κ2) is 9.24. The van der Waals surface area contributed by atoms with Crippen LogP contribution in [0.15, 0.2) is 48.5 Å². The normalized spacial score (nSPS) is 19.6. The zero-order chi connectivity index (χ0) is 23.6. The summed E-state index contributed by atoms with van der Waals surface area (Å²) in [7, 11) is 0. The number of carbonyl (C=O) groups is 3. The molecule has 0 aromatic heterocycles. The van der Waals surface area contributed by atoms with E-state index in [1.54, 1.807) is 31.2 Å². The van der Waals surface area contributed by atoms with Gasteiger partial charge in [-0.3, -0.25) is 9.59 Å². The van der Waals surface area contributed by atoms with Crippen molar-refractivity contribution in [3.05, 3.63) is 59.7 Å². The van der Waals surface area contributed by atoms with Crippen molar-refractivity contribution in [2.24, 2.45) is 0 Å². The van der Waals surface area contributed by atoms with Gasteiger partial charge >= 0.3 is 11.9 Å². The summed E-state index contributed by atoms with van der Waals surface area (Å²) in [4.78, 5) is 36.9. The van der Waals surface area contributed by atoms with E-state index >= 15 is 0 Å². The van der Waals surface area contributed by atoms with Crippen LogP contribution in [0.3, 0.4) is 0 Å². The summed E-state index contributed by atoms with van der Waals surface area (Å²) >= 11 is 1.29. The Balaban J connectivity index is 1.87. The molecule has 0 radical (unpaired) electrons. The van der Waals surface area contributed by atoms with Gasteiger partial charge in [0, 0.05) is 0 Å². The van der Waals surface area contributed by atoms with Crippen molar-refractivity contribution in [3.8, 4) is 11.5 Å². The first-order valence-electron chi connectivity index (χ1n) is 10.3. The first-order chi connectivity index (χ1) is 15.0. The van der Waals surface area contributed by atoms with Crippen molar-refractivity contribution in [2.75, 3.05) is 0 Å². The summed E-state index contributed by atoms with van der Waals surface area (Å²) in [5, 5.41) is 17.6. The highest BCUT2D eigenvalue weighted by molar-refractivity contribution is 8.01. The minimum absolute atomic E-state index is 0.0292. The number of rotatable bonds is 7. The molecule has 3 rings (SSSR count). The second-order valence-corrected chi connectivity index (χ2v) is 10.2. The molecule has 32 heavy (non-hydrogen) atoms. The number of carboxylic acid groups (broad SMARTS) is 2. The van der Waals surface area contributed by atoms with E-state index in [0.29, 0.717) is 17.1 Å². The van der Waals surface area contributed by atoms with Gasteiger partial charge in [-0.05, 0) is 47.7 Å². The number of carbonyl (C=O) groups excluding carboxylic acids is 1. The average Bonchev–Trinajstić information content (AvgIpc) is 3.00. The summed E-state index contributed by atoms with van der Waals surface area (Å²) in [6, 6.07) is 13.5. The van der Waals surface area contributed by atoms with Crippen LogP contribution in [0.25, 0.3) is 0 Å². The van der Waals surface area contributed by atoms with E-state index in [0.717, 1.165) is 0 Å². The highest BCUT2D eigenvalue weighted by atomic mass is 32.2. The maximum atomic E-state index is 12.7. The molecule has 1 heterocycles. The van der Waals surface area contributed by atoms with Gasteiger partial charge in [-0.1, -0.05) is 45.0 Å². The van der Waals surface area contributed by atoms with Gasteiger partial charge in [-0.25, -0.2) is 4.79 Å². The van der Waals surface area contributed by atoms with E-state index in [2.05, 4.69) is 20.8 Å². The van der Waals surface area contributed by atoms with Crippen LogP contribution in [-0.2, 0) is 19.8 Å². The molecule has 2 aromatic rings. The number of hydrogen-bond acceptors (Lipinski definition) is 5. The molecule has 170 valence electrons. The number of thioether (sulfide) groups is 1. The van der Waals surface area contributed by atoms with Crippen LogP contribution >= 0.6 is 11.8 Å². The fourth-order valence-electron chi connectivity index (χ4n) is 3.56. The van der Waals surface area contributed by atoms with Crippen molar-refractivity contribution in [3.63, 3.8) is 0 Å². The van der Waals surface area contributed by atoms with Gasteiger partial charge in [-0.15, -0.1) is 11.8 Å². The van der Waals surface area contributed by atoms with Crippen molar-refractivity contribution < 1.29 is 29.3 Å². The largest absolute Gasteiger partial charge is 0.481 e. The molecule has 1 saturated heterocycles. The Kier molecular flexibility index (Phi) is 6.83. The van der Waals surface area contributed by atoms with Crippen LogP contribution in [-0.4, -0.2) is 44.3 Å². The first kappa shape index (κ1) is 23.7. The topological polar surface area (TPSA) is 104 Å². The van der Waals surface area contributed by atoms with Crippen LogP contribution in [0.4, 0.5) is 0 Å². The molecule has 1 fully saturated rings. The molecule has 1 aliphatic rings. The van der Waals surface area contributed by atoms with E-state index in [9.17, 15) is 19.5 Å². The number of nitrogens with zero attached hydrogens (tertiary/aromatic N) is 1. The molecule has 2 unspecified atom stereocenters. The average molecular weight is 458 g/mol. The lowest BCUT2D eigenvalue weighted by atomic mass is 9.87. The maximum Gasteiger partial charge on any atom is 0.327 e. The number of aliphatic carboxylic acids is 2. The van der Waals surface area contributed by atoms with Gasteiger partial charge in [0.05, 0.1) is 11.7 Å². The van der Waals surface area contributed by atoms with E-state index < -0.39 is 40.9 Å². The molecule has 0 saturated carbocycles. The maximum absolute atomic E-state index is 12.7. The van der Waals surface area contributed by atoms with Crippen LogP contribution < -0.4 is 4.74 Å².